The van der Waals surface area contributed by atoms with Gasteiger partial charge in [-0.15, -0.1) is 0 Å². The lowest BCUT2D eigenvalue weighted by Crippen LogP contribution is -2.38. The fourth-order valence-electron chi connectivity index (χ4n) is 1.77. The van der Waals surface area contributed by atoms with E-state index in [-0.39, 0.29) is 0 Å². The number of rotatable bonds is 5. The zero-order chi connectivity index (χ0) is 9.52. The Morgan fingerprint density at radius 3 is 2.77 bits per heavy atom. The van der Waals surface area contributed by atoms with Crippen molar-refractivity contribution >= 4 is 0 Å². The second-order valence-corrected chi connectivity index (χ2v) is 3.70. The van der Waals surface area contributed by atoms with E-state index in [2.05, 4.69) is 23.2 Å². The van der Waals surface area contributed by atoms with E-state index in [1.54, 1.807) is 0 Å². The summed E-state index contributed by atoms with van der Waals surface area (Å²) >= 11 is 0. The molecule has 3 nitrogen and oxygen atoms in total. The molecule has 1 aliphatic heterocycles. The molecule has 0 aromatic rings. The summed E-state index contributed by atoms with van der Waals surface area (Å²) in [6.45, 7) is 6.60. The van der Waals surface area contributed by atoms with Crippen LogP contribution in [-0.2, 0) is 0 Å². The number of nitriles is 1. The molecule has 1 aliphatic rings. The highest BCUT2D eigenvalue weighted by atomic mass is 15.2. The first-order chi connectivity index (χ1) is 6.34. The Kier molecular flexibility index (Phi) is 4.81. The molecule has 1 atom stereocenters. The Bertz CT molecular complexity index is 167. The predicted molar refractivity (Wildman–Crippen MR) is 53.4 cm³/mol. The molecular weight excluding hydrogens is 162 g/mol. The van der Waals surface area contributed by atoms with Gasteiger partial charge in [0, 0.05) is 25.6 Å². The fraction of sp³-hybridized carbons (Fsp3) is 0.900. The van der Waals surface area contributed by atoms with Gasteiger partial charge in [-0.1, -0.05) is 0 Å². The summed E-state index contributed by atoms with van der Waals surface area (Å²) in [5, 5.41) is 11.6. The third-order valence-electron chi connectivity index (χ3n) is 2.62. The fourth-order valence-corrected chi connectivity index (χ4v) is 1.77. The van der Waals surface area contributed by atoms with Gasteiger partial charge in [0.15, 0.2) is 0 Å². The normalized spacial score (nSPS) is 20.0. The summed E-state index contributed by atoms with van der Waals surface area (Å²) in [5.74, 6) is 0. The summed E-state index contributed by atoms with van der Waals surface area (Å²) in [6, 6.07) is 2.76. The molecule has 0 aromatic carbocycles. The van der Waals surface area contributed by atoms with Gasteiger partial charge in [-0.05, 0) is 32.9 Å². The molecule has 0 saturated carbocycles. The number of nitrogens with zero attached hydrogens (tertiary/aromatic N) is 2. The van der Waals surface area contributed by atoms with Crippen molar-refractivity contribution in [3.8, 4) is 6.07 Å². The van der Waals surface area contributed by atoms with Gasteiger partial charge in [0.1, 0.15) is 0 Å². The molecule has 1 N–H and O–H groups in total. The van der Waals surface area contributed by atoms with Crippen LogP contribution >= 0.6 is 0 Å². The quantitative estimate of drug-likeness (QED) is 0.642. The lowest BCUT2D eigenvalue weighted by molar-refractivity contribution is 0.252. The number of hydrogen-bond donors (Lipinski definition) is 1. The van der Waals surface area contributed by atoms with E-state index in [0.717, 1.165) is 13.1 Å². The Hall–Kier alpha value is -0.590. The van der Waals surface area contributed by atoms with Crippen molar-refractivity contribution in [1.82, 2.24) is 10.2 Å². The van der Waals surface area contributed by atoms with Crippen molar-refractivity contribution in [2.24, 2.45) is 0 Å². The molecule has 1 heterocycles. The topological polar surface area (TPSA) is 39.1 Å². The summed E-state index contributed by atoms with van der Waals surface area (Å²) in [5.41, 5.74) is 0. The van der Waals surface area contributed by atoms with Gasteiger partial charge < -0.3 is 5.32 Å². The first-order valence-corrected chi connectivity index (χ1v) is 5.16. The third kappa shape index (κ3) is 3.75. The molecule has 1 unspecified atom stereocenters. The first kappa shape index (κ1) is 10.5. The van der Waals surface area contributed by atoms with Crippen LogP contribution in [0, 0.1) is 11.3 Å². The van der Waals surface area contributed by atoms with Gasteiger partial charge in [-0.3, -0.25) is 4.90 Å². The minimum absolute atomic E-state index is 0.618. The van der Waals surface area contributed by atoms with Crippen molar-refractivity contribution in [2.75, 3.05) is 26.2 Å². The van der Waals surface area contributed by atoms with Gasteiger partial charge >= 0.3 is 0 Å². The largest absolute Gasteiger partial charge is 0.314 e. The molecule has 0 aromatic heterocycles. The highest BCUT2D eigenvalue weighted by Crippen LogP contribution is 2.10. The predicted octanol–water partition coefficient (Wildman–Crippen LogP) is 0.974. The van der Waals surface area contributed by atoms with Crippen molar-refractivity contribution in [2.45, 2.75) is 32.2 Å². The van der Waals surface area contributed by atoms with Gasteiger partial charge in [0.2, 0.25) is 0 Å². The van der Waals surface area contributed by atoms with E-state index < -0.39 is 0 Å². The SMILES string of the molecule is CC(CNCCC#N)N1CCCC1. The van der Waals surface area contributed by atoms with Crippen LogP contribution in [0.25, 0.3) is 0 Å². The highest BCUT2D eigenvalue weighted by molar-refractivity contribution is 4.76. The second kappa shape index (κ2) is 5.95. The van der Waals surface area contributed by atoms with Crippen LogP contribution in [-0.4, -0.2) is 37.1 Å². The van der Waals surface area contributed by atoms with Crippen molar-refractivity contribution in [1.29, 1.82) is 5.26 Å². The molecule has 3 heteroatoms. The minimum Gasteiger partial charge on any atom is -0.314 e. The van der Waals surface area contributed by atoms with E-state index in [1.165, 1.54) is 25.9 Å². The number of likely N-dealkylation sites (tertiary alicyclic amines) is 1. The van der Waals surface area contributed by atoms with Crippen LogP contribution in [0.2, 0.25) is 0 Å². The van der Waals surface area contributed by atoms with Crippen molar-refractivity contribution < 1.29 is 0 Å². The van der Waals surface area contributed by atoms with Crippen LogP contribution < -0.4 is 5.32 Å². The van der Waals surface area contributed by atoms with E-state index >= 15 is 0 Å². The summed E-state index contributed by atoms with van der Waals surface area (Å²) < 4.78 is 0. The zero-order valence-electron chi connectivity index (χ0n) is 8.42. The van der Waals surface area contributed by atoms with Crippen molar-refractivity contribution in [3.05, 3.63) is 0 Å². The van der Waals surface area contributed by atoms with E-state index in [1.807, 2.05) is 0 Å². The summed E-state index contributed by atoms with van der Waals surface area (Å²) in [6.07, 6.45) is 3.32. The van der Waals surface area contributed by atoms with E-state index in [0.29, 0.717) is 12.5 Å². The van der Waals surface area contributed by atoms with Crippen LogP contribution in [0.15, 0.2) is 0 Å². The molecule has 0 spiro atoms. The Labute approximate surface area is 80.7 Å². The average Bonchev–Trinajstić information content (AvgIpc) is 2.65. The smallest absolute Gasteiger partial charge is 0.0635 e. The monoisotopic (exact) mass is 181 g/mol. The molecule has 74 valence electrons. The Morgan fingerprint density at radius 2 is 2.15 bits per heavy atom. The molecule has 0 aliphatic carbocycles. The molecule has 1 rings (SSSR count). The third-order valence-corrected chi connectivity index (χ3v) is 2.62. The Morgan fingerprint density at radius 1 is 1.46 bits per heavy atom. The van der Waals surface area contributed by atoms with Crippen LogP contribution in [0.3, 0.4) is 0 Å². The maximum atomic E-state index is 8.34. The summed E-state index contributed by atoms with van der Waals surface area (Å²) in [7, 11) is 0. The molecule has 13 heavy (non-hydrogen) atoms. The minimum atomic E-state index is 0.618. The second-order valence-electron chi connectivity index (χ2n) is 3.70. The number of hydrogen-bond acceptors (Lipinski definition) is 3. The maximum absolute atomic E-state index is 8.34. The molecule has 1 saturated heterocycles. The maximum Gasteiger partial charge on any atom is 0.0635 e. The van der Waals surface area contributed by atoms with Gasteiger partial charge in [-0.2, -0.15) is 5.26 Å². The lowest BCUT2D eigenvalue weighted by Gasteiger charge is -2.23. The van der Waals surface area contributed by atoms with Gasteiger partial charge in [0.05, 0.1) is 6.07 Å². The van der Waals surface area contributed by atoms with Crippen LogP contribution in [0.5, 0.6) is 0 Å². The number of nitrogens with one attached hydrogen (secondary N) is 1. The highest BCUT2D eigenvalue weighted by Gasteiger charge is 2.16. The van der Waals surface area contributed by atoms with E-state index in [9.17, 15) is 0 Å². The molecule has 1 fully saturated rings. The summed E-state index contributed by atoms with van der Waals surface area (Å²) in [4.78, 5) is 2.51. The molecular formula is C10H19N3. The van der Waals surface area contributed by atoms with E-state index in [4.69, 9.17) is 5.26 Å². The lowest BCUT2D eigenvalue weighted by atomic mass is 10.3. The van der Waals surface area contributed by atoms with Crippen LogP contribution in [0.4, 0.5) is 0 Å². The molecule has 0 radical (unpaired) electrons. The molecule has 0 amide bonds. The van der Waals surface area contributed by atoms with Gasteiger partial charge in [0.25, 0.3) is 0 Å². The Balaban J connectivity index is 2.03. The zero-order valence-corrected chi connectivity index (χ0v) is 8.42. The average molecular weight is 181 g/mol. The molecule has 0 bridgehead atoms. The van der Waals surface area contributed by atoms with Crippen LogP contribution in [0.1, 0.15) is 26.2 Å². The first-order valence-electron chi connectivity index (χ1n) is 5.16. The van der Waals surface area contributed by atoms with Crippen molar-refractivity contribution in [3.63, 3.8) is 0 Å². The standard InChI is InChI=1S/C10H19N3/c1-10(9-12-6-4-5-11)13-7-2-3-8-13/h10,12H,2-4,6-9H2,1H3. The van der Waals surface area contributed by atoms with Gasteiger partial charge in [-0.25, -0.2) is 0 Å².